The molecule has 1 aromatic heterocycles. The summed E-state index contributed by atoms with van der Waals surface area (Å²) in [5, 5.41) is 7.11. The number of hydrogen-bond acceptors (Lipinski definition) is 4. The van der Waals surface area contributed by atoms with Gasteiger partial charge in [-0.15, -0.1) is 11.3 Å². The summed E-state index contributed by atoms with van der Waals surface area (Å²) >= 11 is 1.79. The largest absolute Gasteiger partial charge is 0.309 e. The van der Waals surface area contributed by atoms with Crippen LogP contribution in [-0.4, -0.2) is 34.6 Å². The van der Waals surface area contributed by atoms with Gasteiger partial charge in [-0.25, -0.2) is 4.98 Å². The number of rotatable bonds is 4. The van der Waals surface area contributed by atoms with Crippen LogP contribution in [0.2, 0.25) is 0 Å². The van der Waals surface area contributed by atoms with Crippen molar-refractivity contribution >= 4 is 11.3 Å². The zero-order chi connectivity index (χ0) is 13.2. The molecule has 1 fully saturated rings. The van der Waals surface area contributed by atoms with E-state index in [-0.39, 0.29) is 5.54 Å². The first-order valence-corrected chi connectivity index (χ1v) is 7.84. The minimum atomic E-state index is 0.262. The number of thiazole rings is 1. The molecule has 0 aromatic carbocycles. The minimum Gasteiger partial charge on any atom is -0.309 e. The fourth-order valence-electron chi connectivity index (χ4n) is 2.60. The Morgan fingerprint density at radius 1 is 1.56 bits per heavy atom. The fourth-order valence-corrected chi connectivity index (χ4v) is 3.40. The molecule has 0 aliphatic carbocycles. The summed E-state index contributed by atoms with van der Waals surface area (Å²) < 4.78 is 0. The Balaban J connectivity index is 2.06. The second-order valence-electron chi connectivity index (χ2n) is 5.64. The Hall–Kier alpha value is -0.450. The Bertz CT molecular complexity index is 390. The molecule has 1 saturated heterocycles. The van der Waals surface area contributed by atoms with E-state index in [9.17, 15) is 0 Å². The van der Waals surface area contributed by atoms with Crippen molar-refractivity contribution in [2.24, 2.45) is 0 Å². The van der Waals surface area contributed by atoms with Crippen molar-refractivity contribution < 1.29 is 0 Å². The van der Waals surface area contributed by atoms with Crippen LogP contribution in [0, 0.1) is 6.92 Å². The lowest BCUT2D eigenvalue weighted by Crippen LogP contribution is -2.62. The van der Waals surface area contributed by atoms with Crippen LogP contribution in [0.5, 0.6) is 0 Å². The van der Waals surface area contributed by atoms with E-state index in [0.717, 1.165) is 25.3 Å². The van der Waals surface area contributed by atoms with Gasteiger partial charge >= 0.3 is 0 Å². The number of hydrogen-bond donors (Lipinski definition) is 1. The molecule has 1 aromatic rings. The molecule has 2 unspecified atom stereocenters. The predicted octanol–water partition coefficient (Wildman–Crippen LogP) is 2.80. The number of aromatic nitrogens is 1. The van der Waals surface area contributed by atoms with E-state index in [0.29, 0.717) is 6.04 Å². The Kier molecular flexibility index (Phi) is 4.41. The van der Waals surface area contributed by atoms with Crippen LogP contribution >= 0.6 is 11.3 Å². The summed E-state index contributed by atoms with van der Waals surface area (Å²) in [4.78, 5) is 7.21. The number of piperazine rings is 1. The Morgan fingerprint density at radius 3 is 2.89 bits per heavy atom. The van der Waals surface area contributed by atoms with E-state index in [1.165, 1.54) is 17.8 Å². The molecule has 0 spiro atoms. The Morgan fingerprint density at radius 2 is 2.33 bits per heavy atom. The lowest BCUT2D eigenvalue weighted by molar-refractivity contribution is 0.0754. The zero-order valence-electron chi connectivity index (χ0n) is 12.0. The fraction of sp³-hybridized carbons (Fsp3) is 0.786. The quantitative estimate of drug-likeness (QED) is 0.909. The monoisotopic (exact) mass is 267 g/mol. The molecule has 0 amide bonds. The highest BCUT2D eigenvalue weighted by Crippen LogP contribution is 2.23. The van der Waals surface area contributed by atoms with Crippen LogP contribution in [0.1, 0.15) is 44.3 Å². The molecule has 1 aliphatic rings. The average Bonchev–Trinajstić information content (AvgIpc) is 2.75. The van der Waals surface area contributed by atoms with Gasteiger partial charge in [0.2, 0.25) is 0 Å². The van der Waals surface area contributed by atoms with Gasteiger partial charge in [0.15, 0.2) is 0 Å². The molecule has 1 N–H and O–H groups in total. The molecular formula is C14H25N3S. The normalized spacial score (nSPS) is 29.7. The summed E-state index contributed by atoms with van der Waals surface area (Å²) in [6.45, 7) is 12.2. The van der Waals surface area contributed by atoms with Crippen LogP contribution in [0.25, 0.3) is 0 Å². The minimum absolute atomic E-state index is 0.262. The topological polar surface area (TPSA) is 28.2 Å². The standard InChI is InChI=1S/C14H25N3S/c1-5-12-7-15-14(4,6-2)10-17(12)8-13-16-11(3)9-18-13/h9,12,15H,5-8,10H2,1-4H3. The molecule has 18 heavy (non-hydrogen) atoms. The number of nitrogens with zero attached hydrogens (tertiary/aromatic N) is 2. The lowest BCUT2D eigenvalue weighted by atomic mass is 9.93. The molecular weight excluding hydrogens is 242 g/mol. The van der Waals surface area contributed by atoms with Crippen molar-refractivity contribution in [3.8, 4) is 0 Å². The second-order valence-corrected chi connectivity index (χ2v) is 6.59. The van der Waals surface area contributed by atoms with E-state index in [2.05, 4.69) is 48.3 Å². The van der Waals surface area contributed by atoms with E-state index in [1.54, 1.807) is 11.3 Å². The maximum Gasteiger partial charge on any atom is 0.107 e. The van der Waals surface area contributed by atoms with Crippen molar-refractivity contribution in [1.29, 1.82) is 0 Å². The van der Waals surface area contributed by atoms with Gasteiger partial charge in [-0.2, -0.15) is 0 Å². The highest BCUT2D eigenvalue weighted by molar-refractivity contribution is 7.09. The number of nitrogens with one attached hydrogen (secondary N) is 1. The molecule has 2 heterocycles. The average molecular weight is 267 g/mol. The van der Waals surface area contributed by atoms with Gasteiger partial charge in [0.05, 0.1) is 6.54 Å². The van der Waals surface area contributed by atoms with Crippen molar-refractivity contribution in [3.05, 3.63) is 16.1 Å². The zero-order valence-corrected chi connectivity index (χ0v) is 12.8. The van der Waals surface area contributed by atoms with Crippen molar-refractivity contribution in [1.82, 2.24) is 15.2 Å². The van der Waals surface area contributed by atoms with Gasteiger partial charge in [-0.1, -0.05) is 13.8 Å². The SMILES string of the molecule is CCC1CNC(C)(CC)CN1Cc1nc(C)cs1. The maximum atomic E-state index is 4.60. The van der Waals surface area contributed by atoms with E-state index in [1.807, 2.05) is 0 Å². The highest BCUT2D eigenvalue weighted by Gasteiger charge is 2.33. The molecule has 0 bridgehead atoms. The third kappa shape index (κ3) is 3.11. The van der Waals surface area contributed by atoms with E-state index in [4.69, 9.17) is 0 Å². The summed E-state index contributed by atoms with van der Waals surface area (Å²) in [6.07, 6.45) is 2.38. The summed E-state index contributed by atoms with van der Waals surface area (Å²) in [6, 6.07) is 0.647. The van der Waals surface area contributed by atoms with Gasteiger partial charge < -0.3 is 5.32 Å². The first-order valence-electron chi connectivity index (χ1n) is 6.96. The summed E-state index contributed by atoms with van der Waals surface area (Å²) in [5.74, 6) is 0. The van der Waals surface area contributed by atoms with Gasteiger partial charge in [-0.05, 0) is 26.7 Å². The van der Waals surface area contributed by atoms with Crippen LogP contribution in [0.3, 0.4) is 0 Å². The molecule has 0 radical (unpaired) electrons. The van der Waals surface area contributed by atoms with Gasteiger partial charge in [0, 0.05) is 35.7 Å². The smallest absolute Gasteiger partial charge is 0.107 e. The predicted molar refractivity (Wildman–Crippen MR) is 78.0 cm³/mol. The van der Waals surface area contributed by atoms with E-state index < -0.39 is 0 Å². The van der Waals surface area contributed by atoms with Crippen LogP contribution < -0.4 is 5.32 Å². The first kappa shape index (κ1) is 14.0. The van der Waals surface area contributed by atoms with Crippen LogP contribution in [0.15, 0.2) is 5.38 Å². The van der Waals surface area contributed by atoms with Gasteiger partial charge in [0.1, 0.15) is 5.01 Å². The van der Waals surface area contributed by atoms with Gasteiger partial charge in [0.25, 0.3) is 0 Å². The first-order chi connectivity index (χ1) is 8.56. The molecule has 1 aliphatic heterocycles. The Labute approximate surface area is 115 Å². The van der Waals surface area contributed by atoms with Crippen molar-refractivity contribution in [3.63, 3.8) is 0 Å². The summed E-state index contributed by atoms with van der Waals surface area (Å²) in [7, 11) is 0. The third-order valence-electron chi connectivity index (χ3n) is 4.09. The van der Waals surface area contributed by atoms with Gasteiger partial charge in [-0.3, -0.25) is 4.90 Å². The molecule has 2 atom stereocenters. The van der Waals surface area contributed by atoms with Crippen LogP contribution in [-0.2, 0) is 6.54 Å². The molecule has 3 nitrogen and oxygen atoms in total. The molecule has 0 saturated carbocycles. The van der Waals surface area contributed by atoms with Crippen molar-refractivity contribution in [2.45, 2.75) is 58.7 Å². The lowest BCUT2D eigenvalue weighted by Gasteiger charge is -2.45. The third-order valence-corrected chi connectivity index (χ3v) is 5.04. The second kappa shape index (κ2) is 5.68. The van der Waals surface area contributed by atoms with Crippen LogP contribution in [0.4, 0.5) is 0 Å². The molecule has 4 heteroatoms. The maximum absolute atomic E-state index is 4.60. The molecule has 2 rings (SSSR count). The highest BCUT2D eigenvalue weighted by atomic mass is 32.1. The number of aryl methyl sites for hydroxylation is 1. The summed E-state index contributed by atoms with van der Waals surface area (Å²) in [5.41, 5.74) is 1.41. The van der Waals surface area contributed by atoms with Crippen molar-refractivity contribution in [2.75, 3.05) is 13.1 Å². The molecule has 102 valence electrons. The van der Waals surface area contributed by atoms with E-state index >= 15 is 0 Å².